The predicted octanol–water partition coefficient (Wildman–Crippen LogP) is 4.78. The highest BCUT2D eigenvalue weighted by atomic mass is 35.5. The standard InChI is InChI=1S/C16H17ClN2S/c1-2-15(12-6-4-3-5-7-12)19-16(20)18-14-10-8-13(17)9-11-14/h3-11,15H,2H2,1H3,(H2,18,19,20)/t15-/m1/s1. The number of anilines is 1. The van der Waals surface area contributed by atoms with Crippen LogP contribution >= 0.6 is 23.8 Å². The minimum Gasteiger partial charge on any atom is -0.356 e. The molecule has 0 fully saturated rings. The molecule has 2 N–H and O–H groups in total. The van der Waals surface area contributed by atoms with Gasteiger partial charge in [-0.15, -0.1) is 0 Å². The van der Waals surface area contributed by atoms with Crippen molar-refractivity contribution in [2.45, 2.75) is 19.4 Å². The molecule has 0 aliphatic carbocycles. The van der Waals surface area contributed by atoms with E-state index in [1.165, 1.54) is 5.56 Å². The summed E-state index contributed by atoms with van der Waals surface area (Å²) in [7, 11) is 0. The molecule has 2 aromatic carbocycles. The molecule has 0 spiro atoms. The van der Waals surface area contributed by atoms with Crippen molar-refractivity contribution in [3.8, 4) is 0 Å². The normalized spacial score (nSPS) is 11.7. The van der Waals surface area contributed by atoms with Crippen molar-refractivity contribution >= 4 is 34.6 Å². The van der Waals surface area contributed by atoms with Gasteiger partial charge in [0.15, 0.2) is 5.11 Å². The van der Waals surface area contributed by atoms with Gasteiger partial charge in [-0.3, -0.25) is 0 Å². The number of halogens is 1. The lowest BCUT2D eigenvalue weighted by atomic mass is 10.1. The van der Waals surface area contributed by atoms with E-state index in [1.54, 1.807) is 0 Å². The van der Waals surface area contributed by atoms with E-state index in [1.807, 2.05) is 42.5 Å². The van der Waals surface area contributed by atoms with Gasteiger partial charge in [-0.25, -0.2) is 0 Å². The van der Waals surface area contributed by atoms with Crippen LogP contribution in [0.3, 0.4) is 0 Å². The highest BCUT2D eigenvalue weighted by Gasteiger charge is 2.09. The summed E-state index contributed by atoms with van der Waals surface area (Å²) in [6.45, 7) is 2.13. The molecule has 2 rings (SSSR count). The molecule has 0 aliphatic rings. The van der Waals surface area contributed by atoms with Crippen LogP contribution < -0.4 is 10.6 Å². The molecule has 0 aliphatic heterocycles. The van der Waals surface area contributed by atoms with Gasteiger partial charge in [-0.1, -0.05) is 48.9 Å². The average Bonchev–Trinajstić information content (AvgIpc) is 2.48. The lowest BCUT2D eigenvalue weighted by Crippen LogP contribution is -2.32. The van der Waals surface area contributed by atoms with E-state index in [0.717, 1.165) is 12.1 Å². The second-order valence-electron chi connectivity index (χ2n) is 4.48. The smallest absolute Gasteiger partial charge is 0.171 e. The fourth-order valence-corrected chi connectivity index (χ4v) is 2.35. The summed E-state index contributed by atoms with van der Waals surface area (Å²) in [5, 5.41) is 7.83. The molecule has 0 heterocycles. The maximum Gasteiger partial charge on any atom is 0.171 e. The Labute approximate surface area is 130 Å². The predicted molar refractivity (Wildman–Crippen MR) is 90.3 cm³/mol. The highest BCUT2D eigenvalue weighted by Crippen LogP contribution is 2.17. The summed E-state index contributed by atoms with van der Waals surface area (Å²) in [5.41, 5.74) is 2.16. The van der Waals surface area contributed by atoms with Crippen LogP contribution in [0.2, 0.25) is 5.02 Å². The Morgan fingerprint density at radius 2 is 1.75 bits per heavy atom. The Balaban J connectivity index is 1.97. The summed E-state index contributed by atoms with van der Waals surface area (Å²) in [5.74, 6) is 0. The zero-order chi connectivity index (χ0) is 14.4. The lowest BCUT2D eigenvalue weighted by Gasteiger charge is -2.20. The number of rotatable bonds is 4. The van der Waals surface area contributed by atoms with E-state index in [4.69, 9.17) is 23.8 Å². The van der Waals surface area contributed by atoms with E-state index in [-0.39, 0.29) is 6.04 Å². The van der Waals surface area contributed by atoms with Crippen molar-refractivity contribution in [3.63, 3.8) is 0 Å². The van der Waals surface area contributed by atoms with Gasteiger partial charge in [0.25, 0.3) is 0 Å². The number of hydrogen-bond acceptors (Lipinski definition) is 1. The van der Waals surface area contributed by atoms with Gasteiger partial charge >= 0.3 is 0 Å². The van der Waals surface area contributed by atoms with E-state index < -0.39 is 0 Å². The van der Waals surface area contributed by atoms with Crippen molar-refractivity contribution in [1.29, 1.82) is 0 Å². The van der Waals surface area contributed by atoms with Gasteiger partial charge in [0, 0.05) is 10.7 Å². The summed E-state index contributed by atoms with van der Waals surface area (Å²) >= 11 is 11.2. The molecule has 2 aromatic rings. The van der Waals surface area contributed by atoms with Crippen LogP contribution in [0, 0.1) is 0 Å². The minimum absolute atomic E-state index is 0.212. The summed E-state index contributed by atoms with van der Waals surface area (Å²) in [4.78, 5) is 0. The first kappa shape index (κ1) is 14.8. The molecular formula is C16H17ClN2S. The molecule has 2 nitrogen and oxygen atoms in total. The van der Waals surface area contributed by atoms with Crippen LogP contribution in [0.5, 0.6) is 0 Å². The first-order chi connectivity index (χ1) is 9.69. The summed E-state index contributed by atoms with van der Waals surface area (Å²) in [6, 6.07) is 18.0. The van der Waals surface area contributed by atoms with Crippen LogP contribution in [-0.4, -0.2) is 5.11 Å². The summed E-state index contributed by atoms with van der Waals surface area (Å²) in [6.07, 6.45) is 0.965. The van der Waals surface area contributed by atoms with Crippen LogP contribution in [0.25, 0.3) is 0 Å². The number of hydrogen-bond donors (Lipinski definition) is 2. The van der Waals surface area contributed by atoms with Crippen LogP contribution in [-0.2, 0) is 0 Å². The minimum atomic E-state index is 0.212. The third kappa shape index (κ3) is 4.22. The Morgan fingerprint density at radius 3 is 2.35 bits per heavy atom. The largest absolute Gasteiger partial charge is 0.356 e. The maximum absolute atomic E-state index is 5.86. The van der Waals surface area contributed by atoms with E-state index >= 15 is 0 Å². The molecule has 4 heteroatoms. The van der Waals surface area contributed by atoms with Crippen molar-refractivity contribution in [3.05, 3.63) is 65.2 Å². The Kier molecular flexibility index (Phi) is 5.39. The molecule has 0 unspecified atom stereocenters. The van der Waals surface area contributed by atoms with Crippen molar-refractivity contribution < 1.29 is 0 Å². The Hall–Kier alpha value is -1.58. The van der Waals surface area contributed by atoms with Gasteiger partial charge in [0.05, 0.1) is 6.04 Å². The molecule has 104 valence electrons. The molecule has 0 aromatic heterocycles. The van der Waals surface area contributed by atoms with Crippen molar-refractivity contribution in [2.24, 2.45) is 0 Å². The third-order valence-electron chi connectivity index (χ3n) is 3.02. The SMILES string of the molecule is CC[C@@H](NC(=S)Nc1ccc(Cl)cc1)c1ccccc1. The molecule has 0 amide bonds. The molecule has 0 bridgehead atoms. The lowest BCUT2D eigenvalue weighted by molar-refractivity contribution is 0.629. The van der Waals surface area contributed by atoms with Crippen LogP contribution in [0.15, 0.2) is 54.6 Å². The van der Waals surface area contributed by atoms with Crippen LogP contribution in [0.1, 0.15) is 24.9 Å². The first-order valence-corrected chi connectivity index (χ1v) is 7.35. The maximum atomic E-state index is 5.86. The quantitative estimate of drug-likeness (QED) is 0.795. The molecule has 0 saturated heterocycles. The molecule has 1 atom stereocenters. The van der Waals surface area contributed by atoms with Crippen LogP contribution in [0.4, 0.5) is 5.69 Å². The van der Waals surface area contributed by atoms with Gasteiger partial charge in [0.2, 0.25) is 0 Å². The zero-order valence-corrected chi connectivity index (χ0v) is 12.8. The second-order valence-corrected chi connectivity index (χ2v) is 5.32. The van der Waals surface area contributed by atoms with E-state index in [0.29, 0.717) is 10.1 Å². The van der Waals surface area contributed by atoms with Gasteiger partial charge in [-0.2, -0.15) is 0 Å². The molecule has 20 heavy (non-hydrogen) atoms. The van der Waals surface area contributed by atoms with Gasteiger partial charge in [-0.05, 0) is 48.5 Å². The highest BCUT2D eigenvalue weighted by molar-refractivity contribution is 7.80. The van der Waals surface area contributed by atoms with E-state index in [9.17, 15) is 0 Å². The molecular weight excluding hydrogens is 288 g/mol. The topological polar surface area (TPSA) is 24.1 Å². The first-order valence-electron chi connectivity index (χ1n) is 6.57. The molecule has 0 saturated carbocycles. The van der Waals surface area contributed by atoms with E-state index in [2.05, 4.69) is 29.7 Å². The molecule has 0 radical (unpaired) electrons. The Bertz CT molecular complexity index is 554. The van der Waals surface area contributed by atoms with Crippen molar-refractivity contribution in [1.82, 2.24) is 5.32 Å². The monoisotopic (exact) mass is 304 g/mol. The number of thiocarbonyl (C=S) groups is 1. The van der Waals surface area contributed by atoms with Crippen molar-refractivity contribution in [2.75, 3.05) is 5.32 Å². The zero-order valence-electron chi connectivity index (χ0n) is 11.3. The average molecular weight is 305 g/mol. The fraction of sp³-hybridized carbons (Fsp3) is 0.188. The number of benzene rings is 2. The third-order valence-corrected chi connectivity index (χ3v) is 3.49. The fourth-order valence-electron chi connectivity index (χ4n) is 1.97. The van der Waals surface area contributed by atoms with Gasteiger partial charge < -0.3 is 10.6 Å². The van der Waals surface area contributed by atoms with Gasteiger partial charge in [0.1, 0.15) is 0 Å². The summed E-state index contributed by atoms with van der Waals surface area (Å²) < 4.78 is 0. The Morgan fingerprint density at radius 1 is 1.10 bits per heavy atom. The number of nitrogens with one attached hydrogen (secondary N) is 2. The second kappa shape index (κ2) is 7.27.